The van der Waals surface area contributed by atoms with Gasteiger partial charge in [-0.15, -0.1) is 0 Å². The summed E-state index contributed by atoms with van der Waals surface area (Å²) in [6.45, 7) is 9.72. The summed E-state index contributed by atoms with van der Waals surface area (Å²) in [5.74, 6) is 2.14. The lowest BCUT2D eigenvalue weighted by Crippen LogP contribution is -2.05. The largest absolute Gasteiger partial charge is 0.493 e. The summed E-state index contributed by atoms with van der Waals surface area (Å²) in [5, 5.41) is 1.05. The summed E-state index contributed by atoms with van der Waals surface area (Å²) in [4.78, 5) is 0. The van der Waals surface area contributed by atoms with Crippen LogP contribution >= 0.6 is 15.9 Å². The Kier molecular flexibility index (Phi) is 6.77. The van der Waals surface area contributed by atoms with Crippen LogP contribution in [0.2, 0.25) is 0 Å². The van der Waals surface area contributed by atoms with E-state index < -0.39 is 0 Å². The fourth-order valence-electron chi connectivity index (χ4n) is 2.02. The summed E-state index contributed by atoms with van der Waals surface area (Å²) in [6.07, 6.45) is 2.27. The highest BCUT2D eigenvalue weighted by molar-refractivity contribution is 9.09. The van der Waals surface area contributed by atoms with Crippen LogP contribution in [-0.2, 0) is 0 Å². The number of para-hydroxylation sites is 1. The maximum Gasteiger partial charge on any atom is 0.126 e. The van der Waals surface area contributed by atoms with Crippen LogP contribution in [0, 0.1) is 0 Å². The van der Waals surface area contributed by atoms with Gasteiger partial charge in [-0.2, -0.15) is 0 Å². The minimum Gasteiger partial charge on any atom is -0.493 e. The van der Waals surface area contributed by atoms with Gasteiger partial charge in [-0.1, -0.05) is 61.8 Å². The van der Waals surface area contributed by atoms with Gasteiger partial charge in [-0.05, 0) is 35.8 Å². The third kappa shape index (κ3) is 4.31. The summed E-state index contributed by atoms with van der Waals surface area (Å²) < 4.78 is 6.07. The second kappa shape index (κ2) is 7.83. The van der Waals surface area contributed by atoms with Crippen LogP contribution in [0.5, 0.6) is 5.75 Å². The molecule has 1 nitrogen and oxygen atoms in total. The maximum atomic E-state index is 6.07. The molecule has 0 aromatic heterocycles. The number of alkyl halides is 1. The van der Waals surface area contributed by atoms with Crippen LogP contribution in [-0.4, -0.2) is 11.9 Å². The zero-order valence-corrected chi connectivity index (χ0v) is 13.6. The third-order valence-corrected chi connectivity index (χ3v) is 3.66. The van der Waals surface area contributed by atoms with E-state index in [0.29, 0.717) is 11.8 Å². The molecule has 0 unspecified atom stereocenters. The third-order valence-electron chi connectivity index (χ3n) is 3.09. The fraction of sp³-hybridized carbons (Fsp3) is 0.625. The minimum absolute atomic E-state index is 0.509. The predicted molar refractivity (Wildman–Crippen MR) is 83.1 cm³/mol. The second-order valence-corrected chi connectivity index (χ2v) is 6.11. The summed E-state index contributed by atoms with van der Waals surface area (Å²) in [6, 6.07) is 6.53. The van der Waals surface area contributed by atoms with Gasteiger partial charge in [0.1, 0.15) is 5.75 Å². The van der Waals surface area contributed by atoms with Crippen molar-refractivity contribution in [1.82, 2.24) is 0 Å². The van der Waals surface area contributed by atoms with Crippen LogP contribution < -0.4 is 4.74 Å². The molecule has 0 fully saturated rings. The van der Waals surface area contributed by atoms with E-state index in [1.165, 1.54) is 17.5 Å². The van der Waals surface area contributed by atoms with Crippen molar-refractivity contribution in [3.8, 4) is 5.75 Å². The predicted octanol–water partition coefficient (Wildman–Crippen LogP) is 5.49. The number of hydrogen-bond acceptors (Lipinski definition) is 1. The molecule has 0 aliphatic rings. The molecule has 0 amide bonds. The second-order valence-electron chi connectivity index (χ2n) is 5.32. The van der Waals surface area contributed by atoms with Gasteiger partial charge in [0.15, 0.2) is 0 Å². The molecule has 0 spiro atoms. The minimum atomic E-state index is 0.509. The van der Waals surface area contributed by atoms with Crippen molar-refractivity contribution in [3.05, 3.63) is 29.3 Å². The fourth-order valence-corrected chi connectivity index (χ4v) is 2.42. The smallest absolute Gasteiger partial charge is 0.126 e. The van der Waals surface area contributed by atoms with Crippen molar-refractivity contribution < 1.29 is 4.74 Å². The first-order valence-corrected chi connectivity index (χ1v) is 8.01. The van der Waals surface area contributed by atoms with Gasteiger partial charge in [0.25, 0.3) is 0 Å². The van der Waals surface area contributed by atoms with E-state index in [1.807, 2.05) is 0 Å². The first-order chi connectivity index (χ1) is 8.57. The van der Waals surface area contributed by atoms with E-state index >= 15 is 0 Å². The van der Waals surface area contributed by atoms with Crippen LogP contribution in [0.25, 0.3) is 0 Å². The first kappa shape index (κ1) is 15.6. The highest BCUT2D eigenvalue weighted by Crippen LogP contribution is 2.34. The van der Waals surface area contributed by atoms with E-state index in [2.05, 4.69) is 61.8 Å². The number of halogens is 1. The molecule has 102 valence electrons. The van der Waals surface area contributed by atoms with Gasteiger partial charge >= 0.3 is 0 Å². The van der Waals surface area contributed by atoms with Crippen LogP contribution in [0.4, 0.5) is 0 Å². The average Bonchev–Trinajstić information content (AvgIpc) is 2.34. The molecule has 2 heteroatoms. The molecule has 1 rings (SSSR count). The van der Waals surface area contributed by atoms with Gasteiger partial charge < -0.3 is 4.74 Å². The van der Waals surface area contributed by atoms with Crippen LogP contribution in [0.1, 0.15) is 63.5 Å². The molecule has 0 aliphatic carbocycles. The van der Waals surface area contributed by atoms with Crippen molar-refractivity contribution in [2.24, 2.45) is 0 Å². The lowest BCUT2D eigenvalue weighted by molar-refractivity contribution is 0.301. The van der Waals surface area contributed by atoms with Crippen molar-refractivity contribution >= 4 is 15.9 Å². The maximum absolute atomic E-state index is 6.07. The highest BCUT2D eigenvalue weighted by Gasteiger charge is 2.14. The van der Waals surface area contributed by atoms with Crippen molar-refractivity contribution in [2.45, 2.75) is 52.4 Å². The Labute approximate surface area is 120 Å². The Bertz CT molecular complexity index is 332. The Morgan fingerprint density at radius 1 is 1.00 bits per heavy atom. The van der Waals surface area contributed by atoms with Gasteiger partial charge in [-0.25, -0.2) is 0 Å². The lowest BCUT2D eigenvalue weighted by Gasteiger charge is -2.19. The van der Waals surface area contributed by atoms with E-state index in [0.717, 1.165) is 24.1 Å². The number of rotatable bonds is 7. The number of benzene rings is 1. The molecule has 0 atom stereocenters. The van der Waals surface area contributed by atoms with Crippen LogP contribution in [0.3, 0.4) is 0 Å². The van der Waals surface area contributed by atoms with E-state index in [-0.39, 0.29) is 0 Å². The van der Waals surface area contributed by atoms with Crippen molar-refractivity contribution in [3.63, 3.8) is 0 Å². The molecular weight excluding hydrogens is 288 g/mol. The Hall–Kier alpha value is -0.500. The van der Waals surface area contributed by atoms with Gasteiger partial charge in [0.05, 0.1) is 6.61 Å². The molecule has 18 heavy (non-hydrogen) atoms. The first-order valence-electron chi connectivity index (χ1n) is 6.89. The van der Waals surface area contributed by atoms with Crippen molar-refractivity contribution in [2.75, 3.05) is 11.9 Å². The summed E-state index contributed by atoms with van der Waals surface area (Å²) in [5.41, 5.74) is 2.67. The normalized spacial score (nSPS) is 11.3. The Balaban J connectivity index is 2.89. The molecular formula is C16H25BrO. The topological polar surface area (TPSA) is 9.23 Å². The lowest BCUT2D eigenvalue weighted by atomic mass is 9.94. The van der Waals surface area contributed by atoms with Crippen LogP contribution in [0.15, 0.2) is 18.2 Å². The standard InChI is InChI=1S/C16H25BrO/c1-12(2)14-8-7-9-15(13(3)4)16(14)18-11-6-5-10-17/h7-9,12-13H,5-6,10-11H2,1-4H3. The number of ether oxygens (including phenoxy) is 1. The quantitative estimate of drug-likeness (QED) is 0.478. The summed E-state index contributed by atoms with van der Waals surface area (Å²) in [7, 11) is 0. The molecule has 0 bridgehead atoms. The van der Waals surface area contributed by atoms with E-state index in [4.69, 9.17) is 4.74 Å². The van der Waals surface area contributed by atoms with E-state index in [9.17, 15) is 0 Å². The zero-order valence-electron chi connectivity index (χ0n) is 12.0. The van der Waals surface area contributed by atoms with Gasteiger partial charge in [-0.3, -0.25) is 0 Å². The Morgan fingerprint density at radius 2 is 1.56 bits per heavy atom. The Morgan fingerprint density at radius 3 is 2.00 bits per heavy atom. The molecule has 1 aromatic rings. The van der Waals surface area contributed by atoms with Gasteiger partial charge in [0.2, 0.25) is 0 Å². The number of unbranched alkanes of at least 4 members (excludes halogenated alkanes) is 1. The molecule has 0 heterocycles. The molecule has 0 N–H and O–H groups in total. The molecule has 1 aromatic carbocycles. The molecule has 0 saturated heterocycles. The molecule has 0 aliphatic heterocycles. The van der Waals surface area contributed by atoms with Crippen molar-refractivity contribution in [1.29, 1.82) is 0 Å². The monoisotopic (exact) mass is 312 g/mol. The number of hydrogen-bond donors (Lipinski definition) is 0. The molecule has 0 saturated carbocycles. The van der Waals surface area contributed by atoms with E-state index in [1.54, 1.807) is 0 Å². The average molecular weight is 313 g/mol. The summed E-state index contributed by atoms with van der Waals surface area (Å²) >= 11 is 3.46. The SMILES string of the molecule is CC(C)c1cccc(C(C)C)c1OCCCCBr. The highest BCUT2D eigenvalue weighted by atomic mass is 79.9. The zero-order chi connectivity index (χ0) is 13.5. The van der Waals surface area contributed by atoms with Gasteiger partial charge in [0, 0.05) is 5.33 Å². The molecule has 0 radical (unpaired) electrons.